The quantitative estimate of drug-likeness (QED) is 0.883. The minimum absolute atomic E-state index is 0.471. The Kier molecular flexibility index (Phi) is 3.65. The summed E-state index contributed by atoms with van der Waals surface area (Å²) in [5.41, 5.74) is 1.34. The maximum absolute atomic E-state index is 5.69. The average molecular weight is 261 g/mol. The molecule has 0 radical (unpaired) electrons. The molecule has 3 heteroatoms. The first-order valence-corrected chi connectivity index (χ1v) is 7.37. The zero-order chi connectivity index (χ0) is 13.2. The molecule has 104 valence electrons. The van der Waals surface area contributed by atoms with Crippen molar-refractivity contribution in [2.75, 3.05) is 19.8 Å². The topological polar surface area (TPSA) is 30.5 Å². The molecule has 1 aliphatic carbocycles. The van der Waals surface area contributed by atoms with Gasteiger partial charge in [-0.1, -0.05) is 19.9 Å². The molecule has 1 unspecified atom stereocenters. The van der Waals surface area contributed by atoms with Gasteiger partial charge in [0.15, 0.2) is 11.5 Å². The van der Waals surface area contributed by atoms with Crippen LogP contribution in [0.3, 0.4) is 0 Å². The molecule has 1 aromatic carbocycles. The second kappa shape index (κ2) is 5.41. The number of rotatable bonds is 5. The van der Waals surface area contributed by atoms with E-state index in [0.717, 1.165) is 24.0 Å². The van der Waals surface area contributed by atoms with Crippen molar-refractivity contribution in [1.82, 2.24) is 5.32 Å². The largest absolute Gasteiger partial charge is 0.486 e. The molecule has 1 fully saturated rings. The number of ether oxygens (including phenoxy) is 2. The highest BCUT2D eigenvalue weighted by Gasteiger charge is 2.32. The molecular formula is C16H23NO2. The van der Waals surface area contributed by atoms with Gasteiger partial charge in [-0.25, -0.2) is 0 Å². The minimum Gasteiger partial charge on any atom is -0.486 e. The summed E-state index contributed by atoms with van der Waals surface area (Å²) < 4.78 is 11.3. The Hall–Kier alpha value is -1.22. The van der Waals surface area contributed by atoms with Gasteiger partial charge in [0.1, 0.15) is 13.2 Å². The van der Waals surface area contributed by atoms with Gasteiger partial charge in [0.25, 0.3) is 0 Å². The summed E-state index contributed by atoms with van der Waals surface area (Å²) in [7, 11) is 0. The Morgan fingerprint density at radius 3 is 2.58 bits per heavy atom. The van der Waals surface area contributed by atoms with Crippen LogP contribution in [0.5, 0.6) is 11.5 Å². The summed E-state index contributed by atoms with van der Waals surface area (Å²) in [5.74, 6) is 3.26. The van der Waals surface area contributed by atoms with Gasteiger partial charge in [0.05, 0.1) is 0 Å². The van der Waals surface area contributed by atoms with Crippen molar-refractivity contribution >= 4 is 0 Å². The normalized spacial score (nSPS) is 19.5. The summed E-state index contributed by atoms with van der Waals surface area (Å²) in [6.07, 6.45) is 2.68. The maximum atomic E-state index is 5.69. The molecule has 0 bridgehead atoms. The molecule has 1 N–H and O–H groups in total. The number of hydrogen-bond donors (Lipinski definition) is 1. The molecule has 19 heavy (non-hydrogen) atoms. The SMILES string of the molecule is CC(C)CNC(c1ccc2c(c1)OCCO2)C1CC1. The second-order valence-electron chi connectivity index (χ2n) is 6.02. The first-order valence-electron chi connectivity index (χ1n) is 7.37. The van der Waals surface area contributed by atoms with Crippen LogP contribution in [0, 0.1) is 11.8 Å². The molecule has 0 saturated heterocycles. The molecule has 1 heterocycles. The Morgan fingerprint density at radius 2 is 1.89 bits per heavy atom. The van der Waals surface area contributed by atoms with E-state index in [1.165, 1.54) is 18.4 Å². The summed E-state index contributed by atoms with van der Waals surface area (Å²) in [6, 6.07) is 6.86. The van der Waals surface area contributed by atoms with E-state index in [4.69, 9.17) is 9.47 Å². The van der Waals surface area contributed by atoms with Crippen LogP contribution in [-0.4, -0.2) is 19.8 Å². The van der Waals surface area contributed by atoms with E-state index in [1.807, 2.05) is 0 Å². The summed E-state index contributed by atoms with van der Waals surface area (Å²) >= 11 is 0. The standard InChI is InChI=1S/C16H23NO2/c1-11(2)10-17-16(12-3-4-12)13-5-6-14-15(9-13)19-8-7-18-14/h5-6,9,11-12,16-17H,3-4,7-8,10H2,1-2H3. The first kappa shape index (κ1) is 12.8. The van der Waals surface area contributed by atoms with Crippen molar-refractivity contribution in [1.29, 1.82) is 0 Å². The van der Waals surface area contributed by atoms with Gasteiger partial charge < -0.3 is 14.8 Å². The van der Waals surface area contributed by atoms with Gasteiger partial charge in [-0.15, -0.1) is 0 Å². The van der Waals surface area contributed by atoms with Crippen LogP contribution < -0.4 is 14.8 Å². The third kappa shape index (κ3) is 3.03. The van der Waals surface area contributed by atoms with Crippen LogP contribution in [0.15, 0.2) is 18.2 Å². The van der Waals surface area contributed by atoms with Crippen molar-refractivity contribution in [2.24, 2.45) is 11.8 Å². The maximum Gasteiger partial charge on any atom is 0.161 e. The third-order valence-corrected chi connectivity index (χ3v) is 3.76. The van der Waals surface area contributed by atoms with Crippen molar-refractivity contribution in [2.45, 2.75) is 32.7 Å². The fraction of sp³-hybridized carbons (Fsp3) is 0.625. The van der Waals surface area contributed by atoms with Crippen molar-refractivity contribution in [3.05, 3.63) is 23.8 Å². The zero-order valence-electron chi connectivity index (χ0n) is 11.8. The van der Waals surface area contributed by atoms with Crippen LogP contribution in [0.4, 0.5) is 0 Å². The summed E-state index contributed by atoms with van der Waals surface area (Å²) in [5, 5.41) is 3.71. The molecule has 1 aromatic rings. The molecule has 0 amide bonds. The van der Waals surface area contributed by atoms with E-state index in [0.29, 0.717) is 25.2 Å². The van der Waals surface area contributed by atoms with Gasteiger partial charge in [0.2, 0.25) is 0 Å². The first-order chi connectivity index (χ1) is 9.24. The molecule has 2 aliphatic rings. The molecule has 3 nitrogen and oxygen atoms in total. The highest BCUT2D eigenvalue weighted by atomic mass is 16.6. The monoisotopic (exact) mass is 261 g/mol. The van der Waals surface area contributed by atoms with Crippen LogP contribution in [0.25, 0.3) is 0 Å². The van der Waals surface area contributed by atoms with Crippen LogP contribution >= 0.6 is 0 Å². The Labute approximate surface area is 115 Å². The van der Waals surface area contributed by atoms with Gasteiger partial charge in [-0.3, -0.25) is 0 Å². The van der Waals surface area contributed by atoms with E-state index >= 15 is 0 Å². The second-order valence-corrected chi connectivity index (χ2v) is 6.02. The van der Waals surface area contributed by atoms with E-state index in [9.17, 15) is 0 Å². The fourth-order valence-corrected chi connectivity index (χ4v) is 2.60. The van der Waals surface area contributed by atoms with E-state index in [-0.39, 0.29) is 0 Å². The molecule has 0 aromatic heterocycles. The number of nitrogens with one attached hydrogen (secondary N) is 1. The molecule has 1 saturated carbocycles. The number of fused-ring (bicyclic) bond motifs is 1. The average Bonchev–Trinajstić information content (AvgIpc) is 3.23. The summed E-state index contributed by atoms with van der Waals surface area (Å²) in [4.78, 5) is 0. The predicted octanol–water partition coefficient (Wildman–Crippen LogP) is 3.15. The number of hydrogen-bond acceptors (Lipinski definition) is 3. The Balaban J connectivity index is 1.77. The van der Waals surface area contributed by atoms with Gasteiger partial charge in [-0.2, -0.15) is 0 Å². The van der Waals surface area contributed by atoms with Crippen molar-refractivity contribution < 1.29 is 9.47 Å². The lowest BCUT2D eigenvalue weighted by molar-refractivity contribution is 0.171. The van der Waals surface area contributed by atoms with Gasteiger partial charge in [-0.05, 0) is 48.9 Å². The fourth-order valence-electron chi connectivity index (χ4n) is 2.60. The molecular weight excluding hydrogens is 238 g/mol. The third-order valence-electron chi connectivity index (χ3n) is 3.76. The van der Waals surface area contributed by atoms with Crippen LogP contribution in [0.2, 0.25) is 0 Å². The highest BCUT2D eigenvalue weighted by Crippen LogP contribution is 2.43. The Bertz CT molecular complexity index is 440. The molecule has 1 atom stereocenters. The lowest BCUT2D eigenvalue weighted by atomic mass is 10.0. The number of benzene rings is 1. The minimum atomic E-state index is 0.471. The van der Waals surface area contributed by atoms with Crippen LogP contribution in [-0.2, 0) is 0 Å². The van der Waals surface area contributed by atoms with E-state index < -0.39 is 0 Å². The highest BCUT2D eigenvalue weighted by molar-refractivity contribution is 5.45. The molecule has 1 aliphatic heterocycles. The van der Waals surface area contributed by atoms with Crippen molar-refractivity contribution in [3.8, 4) is 11.5 Å². The summed E-state index contributed by atoms with van der Waals surface area (Å²) in [6.45, 7) is 6.88. The zero-order valence-corrected chi connectivity index (χ0v) is 11.8. The van der Waals surface area contributed by atoms with E-state index in [1.54, 1.807) is 0 Å². The van der Waals surface area contributed by atoms with Gasteiger partial charge >= 0.3 is 0 Å². The van der Waals surface area contributed by atoms with E-state index in [2.05, 4.69) is 37.4 Å². The Morgan fingerprint density at radius 1 is 1.16 bits per heavy atom. The van der Waals surface area contributed by atoms with Gasteiger partial charge in [0, 0.05) is 6.04 Å². The smallest absolute Gasteiger partial charge is 0.161 e. The molecule has 0 spiro atoms. The molecule has 3 rings (SSSR count). The lowest BCUT2D eigenvalue weighted by Gasteiger charge is -2.23. The lowest BCUT2D eigenvalue weighted by Crippen LogP contribution is -2.27. The predicted molar refractivity (Wildman–Crippen MR) is 75.7 cm³/mol. The van der Waals surface area contributed by atoms with Crippen molar-refractivity contribution in [3.63, 3.8) is 0 Å². The van der Waals surface area contributed by atoms with Crippen LogP contribution in [0.1, 0.15) is 38.3 Å².